The third-order valence-electron chi connectivity index (χ3n) is 1.90. The average molecular weight is 232 g/mol. The number of aliphatic hydroxyl groups excluding tert-OH is 2. The fourth-order valence-electron chi connectivity index (χ4n) is 1.06. The molecule has 0 saturated carbocycles. The molecular formula is C10H20N2O4. The highest BCUT2D eigenvalue weighted by Gasteiger charge is 2.05. The summed E-state index contributed by atoms with van der Waals surface area (Å²) in [5, 5.41) is 22.3. The molecule has 16 heavy (non-hydrogen) atoms. The third kappa shape index (κ3) is 9.57. The summed E-state index contributed by atoms with van der Waals surface area (Å²) in [5.74, 6) is -0.255. The second kappa shape index (κ2) is 10.5. The van der Waals surface area contributed by atoms with E-state index in [1.807, 2.05) is 0 Å². The van der Waals surface area contributed by atoms with E-state index in [2.05, 4.69) is 10.6 Å². The predicted molar refractivity (Wildman–Crippen MR) is 58.9 cm³/mol. The number of amides is 1. The molecule has 0 saturated heterocycles. The Hall–Kier alpha value is -0.980. The SMILES string of the molecule is O=C(CCC(=O)NCCO)CNCCCO. The Kier molecular flexibility index (Phi) is 9.89. The van der Waals surface area contributed by atoms with E-state index in [1.165, 1.54) is 0 Å². The van der Waals surface area contributed by atoms with Gasteiger partial charge in [-0.25, -0.2) is 0 Å². The van der Waals surface area contributed by atoms with Crippen LogP contribution < -0.4 is 10.6 Å². The summed E-state index contributed by atoms with van der Waals surface area (Å²) in [5.41, 5.74) is 0. The lowest BCUT2D eigenvalue weighted by Crippen LogP contribution is -2.29. The summed E-state index contributed by atoms with van der Waals surface area (Å²) in [6.45, 7) is 1.06. The lowest BCUT2D eigenvalue weighted by Gasteiger charge is -2.04. The monoisotopic (exact) mass is 232 g/mol. The van der Waals surface area contributed by atoms with Gasteiger partial charge in [-0.3, -0.25) is 9.59 Å². The lowest BCUT2D eigenvalue weighted by molar-refractivity contribution is -0.125. The van der Waals surface area contributed by atoms with Crippen molar-refractivity contribution < 1.29 is 19.8 Å². The molecule has 0 atom stereocenters. The predicted octanol–water partition coefficient (Wildman–Crippen LogP) is -1.58. The van der Waals surface area contributed by atoms with Gasteiger partial charge in [0.2, 0.25) is 5.91 Å². The molecule has 0 rings (SSSR count). The van der Waals surface area contributed by atoms with Crippen molar-refractivity contribution in [1.29, 1.82) is 0 Å². The number of rotatable bonds is 10. The Morgan fingerprint density at radius 1 is 1.00 bits per heavy atom. The molecule has 0 aromatic heterocycles. The van der Waals surface area contributed by atoms with Crippen LogP contribution in [0.5, 0.6) is 0 Å². The molecule has 0 bridgehead atoms. The number of Topliss-reactive ketones (excluding diaryl/α,β-unsaturated/α-hetero) is 1. The number of carbonyl (C=O) groups excluding carboxylic acids is 2. The molecule has 4 N–H and O–H groups in total. The minimum atomic E-state index is -0.224. The number of nitrogens with one attached hydrogen (secondary N) is 2. The summed E-state index contributed by atoms with van der Waals surface area (Å²) >= 11 is 0. The van der Waals surface area contributed by atoms with Gasteiger partial charge in [-0.15, -0.1) is 0 Å². The van der Waals surface area contributed by atoms with Crippen LogP contribution in [0.4, 0.5) is 0 Å². The van der Waals surface area contributed by atoms with Crippen molar-refractivity contribution in [2.75, 3.05) is 32.8 Å². The molecule has 0 spiro atoms. The van der Waals surface area contributed by atoms with Crippen LogP contribution in [0.1, 0.15) is 19.3 Å². The molecule has 1 amide bonds. The lowest BCUT2D eigenvalue weighted by atomic mass is 10.2. The zero-order valence-corrected chi connectivity index (χ0v) is 9.37. The van der Waals surface area contributed by atoms with Crippen LogP contribution in [-0.4, -0.2) is 54.8 Å². The van der Waals surface area contributed by atoms with Crippen molar-refractivity contribution in [2.24, 2.45) is 0 Å². The van der Waals surface area contributed by atoms with E-state index in [9.17, 15) is 9.59 Å². The van der Waals surface area contributed by atoms with Gasteiger partial charge in [-0.05, 0) is 13.0 Å². The summed E-state index contributed by atoms with van der Waals surface area (Å²) in [6, 6.07) is 0. The maximum absolute atomic E-state index is 11.2. The minimum absolute atomic E-state index is 0.0305. The highest BCUT2D eigenvalue weighted by atomic mass is 16.3. The number of aliphatic hydroxyl groups is 2. The van der Waals surface area contributed by atoms with Crippen molar-refractivity contribution >= 4 is 11.7 Å². The molecule has 0 heterocycles. The van der Waals surface area contributed by atoms with Crippen molar-refractivity contribution in [1.82, 2.24) is 10.6 Å². The first-order chi connectivity index (χ1) is 7.70. The van der Waals surface area contributed by atoms with E-state index in [0.29, 0.717) is 13.0 Å². The van der Waals surface area contributed by atoms with E-state index in [-0.39, 0.29) is 50.8 Å². The maximum Gasteiger partial charge on any atom is 0.220 e. The summed E-state index contributed by atoms with van der Waals surface area (Å²) < 4.78 is 0. The summed E-state index contributed by atoms with van der Waals surface area (Å²) in [4.78, 5) is 22.3. The number of hydrogen-bond acceptors (Lipinski definition) is 5. The van der Waals surface area contributed by atoms with Crippen LogP contribution >= 0.6 is 0 Å². The van der Waals surface area contributed by atoms with Gasteiger partial charge >= 0.3 is 0 Å². The Balaban J connectivity index is 3.38. The standard InChI is InChI=1S/C10H20N2O4/c13-6-1-4-11-8-9(15)2-3-10(16)12-5-7-14/h11,13-14H,1-8H2,(H,12,16). The largest absolute Gasteiger partial charge is 0.396 e. The van der Waals surface area contributed by atoms with Crippen LogP contribution in [0.15, 0.2) is 0 Å². The molecule has 0 aromatic rings. The Bertz CT molecular complexity index is 209. The molecule has 6 heteroatoms. The van der Waals surface area contributed by atoms with Crippen LogP contribution in [0, 0.1) is 0 Å². The van der Waals surface area contributed by atoms with E-state index < -0.39 is 0 Å². The molecule has 94 valence electrons. The molecule has 0 aliphatic heterocycles. The van der Waals surface area contributed by atoms with Gasteiger partial charge in [0, 0.05) is 26.0 Å². The molecule has 0 aromatic carbocycles. The van der Waals surface area contributed by atoms with Crippen molar-refractivity contribution in [2.45, 2.75) is 19.3 Å². The van der Waals surface area contributed by atoms with Gasteiger partial charge in [0.05, 0.1) is 13.2 Å². The molecule has 0 aliphatic carbocycles. The molecule has 0 radical (unpaired) electrons. The van der Waals surface area contributed by atoms with Crippen molar-refractivity contribution in [3.8, 4) is 0 Å². The van der Waals surface area contributed by atoms with Gasteiger partial charge < -0.3 is 20.8 Å². The number of hydrogen-bond donors (Lipinski definition) is 4. The van der Waals surface area contributed by atoms with Crippen molar-refractivity contribution in [3.05, 3.63) is 0 Å². The van der Waals surface area contributed by atoms with E-state index in [4.69, 9.17) is 10.2 Å². The highest BCUT2D eigenvalue weighted by Crippen LogP contribution is 1.90. The Morgan fingerprint density at radius 2 is 1.75 bits per heavy atom. The maximum atomic E-state index is 11.2. The number of ketones is 1. The van der Waals surface area contributed by atoms with Crippen LogP contribution in [0.3, 0.4) is 0 Å². The molecule has 0 aliphatic rings. The van der Waals surface area contributed by atoms with Crippen molar-refractivity contribution in [3.63, 3.8) is 0 Å². The average Bonchev–Trinajstić information content (AvgIpc) is 2.29. The molecule has 6 nitrogen and oxygen atoms in total. The minimum Gasteiger partial charge on any atom is -0.396 e. The van der Waals surface area contributed by atoms with Gasteiger partial charge in [-0.2, -0.15) is 0 Å². The normalized spacial score (nSPS) is 10.1. The second-order valence-corrected chi connectivity index (χ2v) is 3.37. The van der Waals surface area contributed by atoms with Gasteiger partial charge in [0.15, 0.2) is 0 Å². The first kappa shape index (κ1) is 15.0. The zero-order valence-electron chi connectivity index (χ0n) is 9.37. The summed E-state index contributed by atoms with van der Waals surface area (Å²) in [6.07, 6.45) is 0.966. The first-order valence-corrected chi connectivity index (χ1v) is 5.41. The molecule has 0 fully saturated rings. The Labute approximate surface area is 95.0 Å². The molecule has 0 unspecified atom stereocenters. The van der Waals surface area contributed by atoms with E-state index in [0.717, 1.165) is 0 Å². The fraction of sp³-hybridized carbons (Fsp3) is 0.800. The zero-order chi connectivity index (χ0) is 12.2. The highest BCUT2D eigenvalue weighted by molar-refractivity contribution is 5.86. The van der Waals surface area contributed by atoms with Crippen LogP contribution in [-0.2, 0) is 9.59 Å². The molecular weight excluding hydrogens is 212 g/mol. The van der Waals surface area contributed by atoms with Gasteiger partial charge in [0.25, 0.3) is 0 Å². The second-order valence-electron chi connectivity index (χ2n) is 3.37. The van der Waals surface area contributed by atoms with Gasteiger partial charge in [-0.1, -0.05) is 0 Å². The van der Waals surface area contributed by atoms with E-state index in [1.54, 1.807) is 0 Å². The van der Waals surface area contributed by atoms with E-state index >= 15 is 0 Å². The topological polar surface area (TPSA) is 98.7 Å². The number of carbonyl (C=O) groups is 2. The van der Waals surface area contributed by atoms with Gasteiger partial charge in [0.1, 0.15) is 5.78 Å². The summed E-state index contributed by atoms with van der Waals surface area (Å²) in [7, 11) is 0. The fourth-order valence-corrected chi connectivity index (χ4v) is 1.06. The quantitative estimate of drug-likeness (QED) is 0.341. The van der Waals surface area contributed by atoms with Crippen LogP contribution in [0.2, 0.25) is 0 Å². The third-order valence-corrected chi connectivity index (χ3v) is 1.90. The first-order valence-electron chi connectivity index (χ1n) is 5.41. The smallest absolute Gasteiger partial charge is 0.220 e. The Morgan fingerprint density at radius 3 is 2.38 bits per heavy atom. The van der Waals surface area contributed by atoms with Crippen LogP contribution in [0.25, 0.3) is 0 Å².